The molecule has 1 aliphatic rings. The fraction of sp³-hybridized carbons (Fsp3) is 0.316. The summed E-state index contributed by atoms with van der Waals surface area (Å²) in [6, 6.07) is 7.64. The average molecular weight is 434 g/mol. The van der Waals surface area contributed by atoms with Gasteiger partial charge in [-0.15, -0.1) is 0 Å². The van der Waals surface area contributed by atoms with Crippen LogP contribution < -0.4 is 5.32 Å². The quantitative estimate of drug-likeness (QED) is 0.584. The van der Waals surface area contributed by atoms with Gasteiger partial charge in [0.25, 0.3) is 0 Å². The number of thioether (sulfide) groups is 1. The SMILES string of the molecule is O=C(Nc1ccc(C(F)(F)F)cc1)N1CCSCC1c1cccc(C(F)(F)F)c1. The van der Waals surface area contributed by atoms with Crippen molar-refractivity contribution in [3.05, 3.63) is 65.2 Å². The fourth-order valence-corrected chi connectivity index (χ4v) is 4.07. The number of rotatable bonds is 2. The molecule has 10 heteroatoms. The number of carbonyl (C=O) groups excluding carboxylic acids is 1. The summed E-state index contributed by atoms with van der Waals surface area (Å²) in [5, 5.41) is 2.52. The molecule has 1 saturated heterocycles. The van der Waals surface area contributed by atoms with Crippen LogP contribution in [0.5, 0.6) is 0 Å². The zero-order valence-corrected chi connectivity index (χ0v) is 15.7. The van der Waals surface area contributed by atoms with E-state index in [9.17, 15) is 31.1 Å². The van der Waals surface area contributed by atoms with E-state index in [0.29, 0.717) is 23.6 Å². The van der Waals surface area contributed by atoms with E-state index < -0.39 is 35.6 Å². The molecule has 2 aromatic carbocycles. The van der Waals surface area contributed by atoms with Crippen molar-refractivity contribution in [2.45, 2.75) is 18.4 Å². The van der Waals surface area contributed by atoms with E-state index in [2.05, 4.69) is 5.32 Å². The standard InChI is InChI=1S/C19H16F6N2OS/c20-18(21,22)13-4-6-15(7-5-13)26-17(28)27-8-9-29-11-16(27)12-2-1-3-14(10-12)19(23,24)25/h1-7,10,16H,8-9,11H2,(H,26,28). The Hall–Kier alpha value is -2.36. The zero-order chi connectivity index (χ0) is 21.2. The number of amides is 2. The second-order valence-electron chi connectivity index (χ2n) is 6.41. The highest BCUT2D eigenvalue weighted by atomic mass is 32.2. The van der Waals surface area contributed by atoms with E-state index in [1.54, 1.807) is 0 Å². The number of halogens is 6. The summed E-state index contributed by atoms with van der Waals surface area (Å²) in [5.41, 5.74) is -1.11. The third-order valence-electron chi connectivity index (χ3n) is 4.45. The van der Waals surface area contributed by atoms with E-state index in [-0.39, 0.29) is 5.69 Å². The van der Waals surface area contributed by atoms with Gasteiger partial charge in [0.2, 0.25) is 0 Å². The monoisotopic (exact) mass is 434 g/mol. The van der Waals surface area contributed by atoms with Crippen molar-refractivity contribution >= 4 is 23.5 Å². The molecule has 3 rings (SSSR count). The maximum absolute atomic E-state index is 13.0. The van der Waals surface area contributed by atoms with E-state index in [0.717, 1.165) is 36.4 Å². The first-order valence-corrected chi connectivity index (χ1v) is 9.71. The summed E-state index contributed by atoms with van der Waals surface area (Å²) >= 11 is 1.52. The minimum Gasteiger partial charge on any atom is -0.316 e. The first kappa shape index (κ1) is 21.4. The van der Waals surface area contributed by atoms with Crippen LogP contribution in [-0.2, 0) is 12.4 Å². The molecule has 1 N–H and O–H groups in total. The Kier molecular flexibility index (Phi) is 6.02. The number of nitrogens with one attached hydrogen (secondary N) is 1. The van der Waals surface area contributed by atoms with Gasteiger partial charge >= 0.3 is 18.4 Å². The Balaban J connectivity index is 1.78. The Morgan fingerprint density at radius 1 is 0.966 bits per heavy atom. The third-order valence-corrected chi connectivity index (χ3v) is 5.47. The number of hydrogen-bond donors (Lipinski definition) is 1. The molecule has 2 aromatic rings. The Labute approximate surface area is 167 Å². The Bertz CT molecular complexity index is 866. The van der Waals surface area contributed by atoms with Crippen LogP contribution in [-0.4, -0.2) is 29.0 Å². The van der Waals surface area contributed by atoms with Crippen LogP contribution in [0.1, 0.15) is 22.7 Å². The molecule has 1 atom stereocenters. The first-order valence-electron chi connectivity index (χ1n) is 8.55. The second-order valence-corrected chi connectivity index (χ2v) is 7.56. The highest BCUT2D eigenvalue weighted by Crippen LogP contribution is 2.35. The molecule has 1 heterocycles. The van der Waals surface area contributed by atoms with Crippen LogP contribution >= 0.6 is 11.8 Å². The maximum Gasteiger partial charge on any atom is 0.416 e. The molecule has 0 radical (unpaired) electrons. The van der Waals surface area contributed by atoms with Gasteiger partial charge in [-0.2, -0.15) is 38.1 Å². The van der Waals surface area contributed by atoms with Crippen molar-refractivity contribution in [2.24, 2.45) is 0 Å². The van der Waals surface area contributed by atoms with Gasteiger partial charge in [-0.25, -0.2) is 4.79 Å². The summed E-state index contributed by atoms with van der Waals surface area (Å²) in [7, 11) is 0. The van der Waals surface area contributed by atoms with Crippen molar-refractivity contribution in [1.82, 2.24) is 4.90 Å². The number of benzene rings is 2. The lowest BCUT2D eigenvalue weighted by Crippen LogP contribution is -2.43. The van der Waals surface area contributed by atoms with E-state index in [1.165, 1.54) is 28.8 Å². The smallest absolute Gasteiger partial charge is 0.316 e. The van der Waals surface area contributed by atoms with Crippen LogP contribution in [0.4, 0.5) is 36.8 Å². The lowest BCUT2D eigenvalue weighted by molar-refractivity contribution is -0.138. The number of nitrogens with zero attached hydrogens (tertiary/aromatic N) is 1. The van der Waals surface area contributed by atoms with Gasteiger partial charge in [-0.1, -0.05) is 12.1 Å². The summed E-state index contributed by atoms with van der Waals surface area (Å²) in [4.78, 5) is 14.1. The van der Waals surface area contributed by atoms with Crippen molar-refractivity contribution < 1.29 is 31.1 Å². The molecule has 0 saturated carbocycles. The summed E-state index contributed by atoms with van der Waals surface area (Å²) in [6.07, 6.45) is -8.98. The molecule has 1 aliphatic heterocycles. The van der Waals surface area contributed by atoms with Gasteiger partial charge in [0.15, 0.2) is 0 Å². The molecule has 0 aliphatic carbocycles. The summed E-state index contributed by atoms with van der Waals surface area (Å²) < 4.78 is 77.0. The summed E-state index contributed by atoms with van der Waals surface area (Å²) in [6.45, 7) is 0.304. The van der Waals surface area contributed by atoms with Gasteiger partial charge in [0, 0.05) is 23.7 Å². The van der Waals surface area contributed by atoms with Gasteiger partial charge in [0.05, 0.1) is 17.2 Å². The number of alkyl halides is 6. The number of urea groups is 1. The van der Waals surface area contributed by atoms with Crippen LogP contribution in [0, 0.1) is 0 Å². The maximum atomic E-state index is 13.0. The molecule has 3 nitrogen and oxygen atoms in total. The molecule has 0 bridgehead atoms. The topological polar surface area (TPSA) is 32.3 Å². The van der Waals surface area contributed by atoms with Crippen molar-refractivity contribution in [3.63, 3.8) is 0 Å². The molecule has 1 unspecified atom stereocenters. The molecule has 0 aromatic heterocycles. The predicted molar refractivity (Wildman–Crippen MR) is 98.7 cm³/mol. The van der Waals surface area contributed by atoms with Crippen LogP contribution in [0.25, 0.3) is 0 Å². The van der Waals surface area contributed by atoms with Gasteiger partial charge in [0.1, 0.15) is 0 Å². The summed E-state index contributed by atoms with van der Waals surface area (Å²) in [5.74, 6) is 1.03. The van der Waals surface area contributed by atoms with Crippen LogP contribution in [0.15, 0.2) is 48.5 Å². The molecule has 1 fully saturated rings. The van der Waals surface area contributed by atoms with E-state index >= 15 is 0 Å². The molecule has 156 valence electrons. The second kappa shape index (κ2) is 8.17. The first-order chi connectivity index (χ1) is 13.6. The largest absolute Gasteiger partial charge is 0.416 e. The van der Waals surface area contributed by atoms with E-state index in [1.807, 2.05) is 0 Å². The van der Waals surface area contributed by atoms with Crippen molar-refractivity contribution in [3.8, 4) is 0 Å². The fourth-order valence-electron chi connectivity index (χ4n) is 2.98. The highest BCUT2D eigenvalue weighted by molar-refractivity contribution is 7.99. The Morgan fingerprint density at radius 3 is 2.24 bits per heavy atom. The lowest BCUT2D eigenvalue weighted by atomic mass is 10.0. The molecule has 2 amide bonds. The molecule has 0 spiro atoms. The lowest BCUT2D eigenvalue weighted by Gasteiger charge is -2.36. The predicted octanol–water partition coefficient (Wildman–Crippen LogP) is 6.05. The third kappa shape index (κ3) is 5.17. The molecular formula is C19H16F6N2OS. The highest BCUT2D eigenvalue weighted by Gasteiger charge is 2.34. The van der Waals surface area contributed by atoms with Crippen molar-refractivity contribution in [1.29, 1.82) is 0 Å². The number of hydrogen-bond acceptors (Lipinski definition) is 2. The van der Waals surface area contributed by atoms with E-state index in [4.69, 9.17) is 0 Å². The van der Waals surface area contributed by atoms with Crippen LogP contribution in [0.2, 0.25) is 0 Å². The number of carbonyl (C=O) groups is 1. The minimum absolute atomic E-state index is 0.170. The zero-order valence-electron chi connectivity index (χ0n) is 14.8. The molecule has 29 heavy (non-hydrogen) atoms. The van der Waals surface area contributed by atoms with Gasteiger partial charge < -0.3 is 10.2 Å². The minimum atomic E-state index is -4.49. The normalized spacial score (nSPS) is 17.9. The van der Waals surface area contributed by atoms with Crippen LogP contribution in [0.3, 0.4) is 0 Å². The Morgan fingerprint density at radius 2 is 1.62 bits per heavy atom. The van der Waals surface area contributed by atoms with Gasteiger partial charge in [-0.3, -0.25) is 0 Å². The average Bonchev–Trinajstić information content (AvgIpc) is 2.67. The number of anilines is 1. The van der Waals surface area contributed by atoms with Gasteiger partial charge in [-0.05, 0) is 42.0 Å². The van der Waals surface area contributed by atoms with Crippen molar-refractivity contribution in [2.75, 3.05) is 23.4 Å². The molecular weight excluding hydrogens is 418 g/mol.